The summed E-state index contributed by atoms with van der Waals surface area (Å²) >= 11 is 0. The van der Waals surface area contributed by atoms with E-state index in [0.717, 1.165) is 37.1 Å². The molecule has 1 aromatic heterocycles. The summed E-state index contributed by atoms with van der Waals surface area (Å²) in [6, 6.07) is 1.62. The SMILES string of the molecule is CCCc1cc(NC(=O)C2CCC(C(F)(F)F)NC2=O)cc(CCC)n1. The molecule has 2 atom stereocenters. The van der Waals surface area contributed by atoms with E-state index < -0.39 is 30.0 Å². The van der Waals surface area contributed by atoms with E-state index in [4.69, 9.17) is 0 Å². The number of halogens is 3. The van der Waals surface area contributed by atoms with E-state index in [-0.39, 0.29) is 12.8 Å². The van der Waals surface area contributed by atoms with Crippen molar-refractivity contribution < 1.29 is 22.8 Å². The lowest BCUT2D eigenvalue weighted by Gasteiger charge is -2.29. The third-order valence-corrected chi connectivity index (χ3v) is 4.30. The van der Waals surface area contributed by atoms with Gasteiger partial charge in [-0.25, -0.2) is 0 Å². The van der Waals surface area contributed by atoms with Gasteiger partial charge in [-0.15, -0.1) is 0 Å². The number of hydrogen-bond acceptors (Lipinski definition) is 3. The molecule has 0 bridgehead atoms. The summed E-state index contributed by atoms with van der Waals surface area (Å²) in [4.78, 5) is 28.9. The van der Waals surface area contributed by atoms with Crippen molar-refractivity contribution in [2.45, 2.75) is 64.6 Å². The van der Waals surface area contributed by atoms with E-state index in [1.54, 1.807) is 12.1 Å². The zero-order chi connectivity index (χ0) is 19.3. The van der Waals surface area contributed by atoms with Gasteiger partial charge in [0, 0.05) is 17.1 Å². The lowest BCUT2D eigenvalue weighted by molar-refractivity contribution is -0.170. The molecule has 5 nitrogen and oxygen atoms in total. The maximum Gasteiger partial charge on any atom is 0.408 e. The standard InChI is InChI=1S/C18H24F3N3O2/c1-3-5-11-9-13(10-12(22-11)6-4-2)23-16(25)14-7-8-15(18(19,20)21)24-17(14)26/h9-10,14-15H,3-8H2,1-2H3,(H,24,26)(H,22,23,25). The smallest absolute Gasteiger partial charge is 0.344 e. The number of alkyl halides is 3. The average Bonchev–Trinajstić information content (AvgIpc) is 2.54. The molecule has 1 aromatic rings. The number of aromatic nitrogens is 1. The van der Waals surface area contributed by atoms with Gasteiger partial charge in [0.2, 0.25) is 11.8 Å². The van der Waals surface area contributed by atoms with E-state index in [0.29, 0.717) is 5.69 Å². The number of amides is 2. The summed E-state index contributed by atoms with van der Waals surface area (Å²) in [5.41, 5.74) is 2.22. The average molecular weight is 371 g/mol. The first kappa shape index (κ1) is 20.2. The molecule has 2 unspecified atom stereocenters. The fourth-order valence-corrected chi connectivity index (χ4v) is 3.02. The number of nitrogens with one attached hydrogen (secondary N) is 2. The van der Waals surface area contributed by atoms with Crippen LogP contribution in [0, 0.1) is 5.92 Å². The molecular formula is C18H24F3N3O2. The van der Waals surface area contributed by atoms with Gasteiger partial charge in [-0.3, -0.25) is 14.6 Å². The Balaban J connectivity index is 2.08. The molecular weight excluding hydrogens is 347 g/mol. The topological polar surface area (TPSA) is 71.1 Å². The zero-order valence-electron chi connectivity index (χ0n) is 14.9. The summed E-state index contributed by atoms with van der Waals surface area (Å²) in [7, 11) is 0. The van der Waals surface area contributed by atoms with Crippen LogP contribution in [-0.2, 0) is 22.4 Å². The molecule has 0 radical (unpaired) electrons. The first-order valence-corrected chi connectivity index (χ1v) is 8.92. The van der Waals surface area contributed by atoms with Gasteiger partial charge in [0.05, 0.1) is 0 Å². The van der Waals surface area contributed by atoms with E-state index in [1.165, 1.54) is 0 Å². The van der Waals surface area contributed by atoms with Gasteiger partial charge in [0.15, 0.2) is 0 Å². The minimum absolute atomic E-state index is 0.128. The van der Waals surface area contributed by atoms with Crippen LogP contribution in [0.15, 0.2) is 12.1 Å². The van der Waals surface area contributed by atoms with Crippen molar-refractivity contribution in [1.82, 2.24) is 10.3 Å². The number of anilines is 1. The summed E-state index contributed by atoms with van der Waals surface area (Å²) in [5.74, 6) is -2.59. The highest BCUT2D eigenvalue weighted by Gasteiger charge is 2.45. The normalized spacial score (nSPS) is 20.6. The first-order valence-electron chi connectivity index (χ1n) is 8.92. The maximum atomic E-state index is 12.7. The molecule has 0 saturated carbocycles. The molecule has 0 aliphatic carbocycles. The van der Waals surface area contributed by atoms with Crippen LogP contribution in [0.2, 0.25) is 0 Å². The van der Waals surface area contributed by atoms with E-state index in [9.17, 15) is 22.8 Å². The summed E-state index contributed by atoms with van der Waals surface area (Å²) < 4.78 is 38.1. The van der Waals surface area contributed by atoms with Crippen molar-refractivity contribution in [2.75, 3.05) is 5.32 Å². The van der Waals surface area contributed by atoms with Crippen LogP contribution in [0.25, 0.3) is 0 Å². The number of aryl methyl sites for hydroxylation is 2. The second kappa shape index (κ2) is 8.51. The number of carbonyl (C=O) groups excluding carboxylic acids is 2. The number of nitrogens with zero attached hydrogens (tertiary/aromatic N) is 1. The Morgan fingerprint density at radius 3 is 2.23 bits per heavy atom. The molecule has 1 aliphatic heterocycles. The predicted molar refractivity (Wildman–Crippen MR) is 91.6 cm³/mol. The second-order valence-electron chi connectivity index (χ2n) is 6.56. The fraction of sp³-hybridized carbons (Fsp3) is 0.611. The Morgan fingerprint density at radius 2 is 1.77 bits per heavy atom. The molecule has 0 spiro atoms. The molecule has 2 rings (SSSR count). The van der Waals surface area contributed by atoms with Crippen LogP contribution in [-0.4, -0.2) is 29.0 Å². The Kier molecular flexibility index (Phi) is 6.61. The van der Waals surface area contributed by atoms with Crippen molar-refractivity contribution in [3.05, 3.63) is 23.5 Å². The van der Waals surface area contributed by atoms with Crippen LogP contribution in [0.4, 0.5) is 18.9 Å². The van der Waals surface area contributed by atoms with Gasteiger partial charge < -0.3 is 10.6 Å². The number of hydrogen-bond donors (Lipinski definition) is 2. The number of pyridine rings is 1. The molecule has 144 valence electrons. The highest BCUT2D eigenvalue weighted by atomic mass is 19.4. The largest absolute Gasteiger partial charge is 0.408 e. The molecule has 2 heterocycles. The molecule has 26 heavy (non-hydrogen) atoms. The molecule has 1 fully saturated rings. The van der Waals surface area contributed by atoms with Crippen LogP contribution in [0.3, 0.4) is 0 Å². The molecule has 0 aromatic carbocycles. The third kappa shape index (κ3) is 5.19. The van der Waals surface area contributed by atoms with Gasteiger partial charge in [0.25, 0.3) is 0 Å². The van der Waals surface area contributed by atoms with Crippen molar-refractivity contribution in [3.8, 4) is 0 Å². The molecule has 8 heteroatoms. The minimum atomic E-state index is -4.49. The van der Waals surface area contributed by atoms with Gasteiger partial charge in [0.1, 0.15) is 12.0 Å². The van der Waals surface area contributed by atoms with Crippen LogP contribution in [0.5, 0.6) is 0 Å². The Morgan fingerprint density at radius 1 is 1.19 bits per heavy atom. The highest BCUT2D eigenvalue weighted by Crippen LogP contribution is 2.29. The van der Waals surface area contributed by atoms with Crippen molar-refractivity contribution in [2.24, 2.45) is 5.92 Å². The highest BCUT2D eigenvalue weighted by molar-refractivity contribution is 6.06. The number of piperidine rings is 1. The zero-order valence-corrected chi connectivity index (χ0v) is 14.9. The van der Waals surface area contributed by atoms with E-state index >= 15 is 0 Å². The van der Waals surface area contributed by atoms with Gasteiger partial charge in [-0.05, 0) is 37.8 Å². The lowest BCUT2D eigenvalue weighted by Crippen LogP contribution is -2.53. The van der Waals surface area contributed by atoms with Gasteiger partial charge in [-0.1, -0.05) is 26.7 Å². The summed E-state index contributed by atoms with van der Waals surface area (Å²) in [6.07, 6.45) is -1.59. The van der Waals surface area contributed by atoms with Gasteiger partial charge >= 0.3 is 6.18 Å². The van der Waals surface area contributed by atoms with E-state index in [2.05, 4.69) is 10.3 Å². The van der Waals surface area contributed by atoms with Crippen LogP contribution in [0.1, 0.15) is 50.9 Å². The van der Waals surface area contributed by atoms with Gasteiger partial charge in [-0.2, -0.15) is 13.2 Å². The van der Waals surface area contributed by atoms with Crippen LogP contribution < -0.4 is 10.6 Å². The van der Waals surface area contributed by atoms with Crippen LogP contribution >= 0.6 is 0 Å². The Hall–Kier alpha value is -2.12. The molecule has 2 amide bonds. The summed E-state index contributed by atoms with van der Waals surface area (Å²) in [6.45, 7) is 4.05. The first-order chi connectivity index (χ1) is 12.2. The second-order valence-corrected chi connectivity index (χ2v) is 6.56. The van der Waals surface area contributed by atoms with Crippen molar-refractivity contribution in [3.63, 3.8) is 0 Å². The van der Waals surface area contributed by atoms with Crippen molar-refractivity contribution in [1.29, 1.82) is 0 Å². The minimum Gasteiger partial charge on any atom is -0.344 e. The molecule has 1 saturated heterocycles. The predicted octanol–water partition coefficient (Wildman–Crippen LogP) is 3.38. The van der Waals surface area contributed by atoms with Crippen molar-refractivity contribution >= 4 is 17.5 Å². The third-order valence-electron chi connectivity index (χ3n) is 4.30. The Labute approximate surface area is 150 Å². The number of rotatable bonds is 6. The number of carbonyl (C=O) groups is 2. The van der Waals surface area contributed by atoms with E-state index in [1.807, 2.05) is 19.2 Å². The molecule has 1 aliphatic rings. The molecule has 2 N–H and O–H groups in total. The lowest BCUT2D eigenvalue weighted by atomic mass is 9.92. The maximum absolute atomic E-state index is 12.7. The Bertz CT molecular complexity index is 637. The quantitative estimate of drug-likeness (QED) is 0.753. The fourth-order valence-electron chi connectivity index (χ4n) is 3.02. The monoisotopic (exact) mass is 371 g/mol. The summed E-state index contributed by atoms with van der Waals surface area (Å²) in [5, 5.41) is 4.57.